The maximum atomic E-state index is 11.4. The van der Waals surface area contributed by atoms with Crippen molar-refractivity contribution in [2.24, 2.45) is 0 Å². The molecule has 1 amide bonds. The van der Waals surface area contributed by atoms with E-state index < -0.39 is 0 Å². The van der Waals surface area contributed by atoms with Gasteiger partial charge >= 0.3 is 0 Å². The monoisotopic (exact) mass is 208 g/mol. The summed E-state index contributed by atoms with van der Waals surface area (Å²) in [5.74, 6) is -0.206. The van der Waals surface area contributed by atoms with Gasteiger partial charge in [-0.3, -0.25) is 4.79 Å². The molecule has 5 nitrogen and oxygen atoms in total. The largest absolute Gasteiger partial charge is 0.347 e. The van der Waals surface area contributed by atoms with Crippen molar-refractivity contribution in [1.82, 2.24) is 19.9 Å². The van der Waals surface area contributed by atoms with Crippen molar-refractivity contribution in [3.8, 4) is 0 Å². The van der Waals surface area contributed by atoms with Gasteiger partial charge in [-0.1, -0.05) is 17.4 Å². The minimum absolute atomic E-state index is 0.206. The van der Waals surface area contributed by atoms with Gasteiger partial charge in [0.25, 0.3) is 5.91 Å². The molecule has 0 aliphatic heterocycles. The Labute approximate surface area is 84.1 Å². The van der Waals surface area contributed by atoms with Gasteiger partial charge in [0.05, 0.1) is 6.20 Å². The third-order valence-electron chi connectivity index (χ3n) is 1.63. The molecule has 0 saturated carbocycles. The molecule has 0 saturated heterocycles. The number of hydrogen-bond donors (Lipinski definition) is 1. The summed E-state index contributed by atoms with van der Waals surface area (Å²) in [4.78, 5) is 16.2. The third-order valence-corrected chi connectivity index (χ3v) is 2.31. The first-order valence-electron chi connectivity index (χ1n) is 3.99. The van der Waals surface area contributed by atoms with Gasteiger partial charge in [-0.25, -0.2) is 9.50 Å². The van der Waals surface area contributed by atoms with Crippen LogP contribution in [0, 0.1) is 0 Å². The molecule has 0 fully saturated rings. The van der Waals surface area contributed by atoms with Crippen LogP contribution in [0.15, 0.2) is 24.4 Å². The molecule has 72 valence electrons. The molecule has 0 aliphatic rings. The summed E-state index contributed by atoms with van der Waals surface area (Å²) in [6, 6.07) is 0. The van der Waals surface area contributed by atoms with Crippen LogP contribution in [-0.2, 0) is 0 Å². The second-order valence-corrected chi connectivity index (χ2v) is 3.40. The standard InChI is InChI=1S/C8H8N4OS/c1-2-3-9-7(13)6-4-12-8(11-6)14-5-10-12/h2,4-5H,1,3H2,(H,9,13). The van der Waals surface area contributed by atoms with Crippen LogP contribution in [0.5, 0.6) is 0 Å². The fraction of sp³-hybridized carbons (Fsp3) is 0.125. The van der Waals surface area contributed by atoms with Gasteiger partial charge in [-0.05, 0) is 0 Å². The van der Waals surface area contributed by atoms with Gasteiger partial charge in [0.15, 0.2) is 0 Å². The van der Waals surface area contributed by atoms with E-state index in [1.165, 1.54) is 11.3 Å². The molecule has 1 N–H and O–H groups in total. The maximum Gasteiger partial charge on any atom is 0.271 e. The van der Waals surface area contributed by atoms with E-state index in [9.17, 15) is 4.79 Å². The normalized spacial score (nSPS) is 10.3. The van der Waals surface area contributed by atoms with E-state index in [0.717, 1.165) is 0 Å². The van der Waals surface area contributed by atoms with E-state index in [0.29, 0.717) is 17.2 Å². The average molecular weight is 208 g/mol. The van der Waals surface area contributed by atoms with Gasteiger partial charge in [0, 0.05) is 6.54 Å². The highest BCUT2D eigenvalue weighted by Crippen LogP contribution is 2.08. The number of hydrogen-bond acceptors (Lipinski definition) is 4. The van der Waals surface area contributed by atoms with Crippen LogP contribution in [0.4, 0.5) is 0 Å². The summed E-state index contributed by atoms with van der Waals surface area (Å²) in [5, 5.41) is 6.62. The Morgan fingerprint density at radius 1 is 1.79 bits per heavy atom. The molecule has 0 bridgehead atoms. The van der Waals surface area contributed by atoms with Gasteiger partial charge in [-0.15, -0.1) is 6.58 Å². The molecule has 6 heteroatoms. The Morgan fingerprint density at radius 2 is 2.64 bits per heavy atom. The summed E-state index contributed by atoms with van der Waals surface area (Å²) < 4.78 is 1.58. The summed E-state index contributed by atoms with van der Waals surface area (Å²) in [6.07, 6.45) is 3.22. The van der Waals surface area contributed by atoms with Crippen LogP contribution >= 0.6 is 11.3 Å². The van der Waals surface area contributed by atoms with Gasteiger partial charge in [0.2, 0.25) is 4.96 Å². The molecule has 0 spiro atoms. The van der Waals surface area contributed by atoms with Gasteiger partial charge in [0.1, 0.15) is 11.2 Å². The number of fused-ring (bicyclic) bond motifs is 1. The van der Waals surface area contributed by atoms with Crippen LogP contribution in [0.25, 0.3) is 4.96 Å². The quantitative estimate of drug-likeness (QED) is 0.755. The lowest BCUT2D eigenvalue weighted by Crippen LogP contribution is -2.23. The molecular weight excluding hydrogens is 200 g/mol. The van der Waals surface area contributed by atoms with Gasteiger partial charge in [-0.2, -0.15) is 5.10 Å². The smallest absolute Gasteiger partial charge is 0.271 e. The number of imidazole rings is 1. The summed E-state index contributed by atoms with van der Waals surface area (Å²) in [6.45, 7) is 3.95. The van der Waals surface area contributed by atoms with Crippen molar-refractivity contribution < 1.29 is 4.79 Å². The van der Waals surface area contributed by atoms with Crippen LogP contribution in [0.3, 0.4) is 0 Å². The first-order chi connectivity index (χ1) is 6.81. The highest BCUT2D eigenvalue weighted by molar-refractivity contribution is 7.14. The minimum Gasteiger partial charge on any atom is -0.347 e. The number of amides is 1. The van der Waals surface area contributed by atoms with Crippen LogP contribution in [0.1, 0.15) is 10.5 Å². The topological polar surface area (TPSA) is 59.3 Å². The van der Waals surface area contributed by atoms with Gasteiger partial charge < -0.3 is 5.32 Å². The second kappa shape index (κ2) is 3.59. The van der Waals surface area contributed by atoms with Crippen LogP contribution < -0.4 is 5.32 Å². The Hall–Kier alpha value is -1.69. The zero-order chi connectivity index (χ0) is 9.97. The molecule has 0 radical (unpaired) electrons. The lowest BCUT2D eigenvalue weighted by atomic mass is 10.4. The van der Waals surface area contributed by atoms with Crippen molar-refractivity contribution >= 4 is 22.2 Å². The van der Waals surface area contributed by atoms with Crippen molar-refractivity contribution in [1.29, 1.82) is 0 Å². The van der Waals surface area contributed by atoms with Crippen molar-refractivity contribution in [2.45, 2.75) is 0 Å². The second-order valence-electron chi connectivity index (χ2n) is 2.59. The van der Waals surface area contributed by atoms with E-state index >= 15 is 0 Å². The number of nitrogens with one attached hydrogen (secondary N) is 1. The van der Waals surface area contributed by atoms with Crippen molar-refractivity contribution in [3.63, 3.8) is 0 Å². The van der Waals surface area contributed by atoms with E-state index in [2.05, 4.69) is 22.0 Å². The molecule has 2 aromatic rings. The zero-order valence-electron chi connectivity index (χ0n) is 7.30. The van der Waals surface area contributed by atoms with Crippen molar-refractivity contribution in [3.05, 3.63) is 30.1 Å². The molecule has 2 aromatic heterocycles. The van der Waals surface area contributed by atoms with E-state index in [4.69, 9.17) is 0 Å². The molecule has 2 heterocycles. The maximum absolute atomic E-state index is 11.4. The molecule has 0 aliphatic carbocycles. The SMILES string of the molecule is C=CCNC(=O)c1cn2ncsc2n1. The number of rotatable bonds is 3. The molecule has 14 heavy (non-hydrogen) atoms. The number of nitrogens with zero attached hydrogens (tertiary/aromatic N) is 3. The molecule has 0 atom stereocenters. The predicted molar refractivity (Wildman–Crippen MR) is 53.4 cm³/mol. The first-order valence-corrected chi connectivity index (χ1v) is 4.87. The Balaban J connectivity index is 2.21. The summed E-state index contributed by atoms with van der Waals surface area (Å²) >= 11 is 1.39. The molecular formula is C8H8N4OS. The average Bonchev–Trinajstić information content (AvgIpc) is 2.72. The fourth-order valence-corrected chi connectivity index (χ4v) is 1.61. The van der Waals surface area contributed by atoms with E-state index in [1.807, 2.05) is 0 Å². The summed E-state index contributed by atoms with van der Waals surface area (Å²) in [5.41, 5.74) is 2.06. The summed E-state index contributed by atoms with van der Waals surface area (Å²) in [7, 11) is 0. The lowest BCUT2D eigenvalue weighted by molar-refractivity contribution is 0.0953. The van der Waals surface area contributed by atoms with E-state index in [1.54, 1.807) is 22.3 Å². The fourth-order valence-electron chi connectivity index (χ4n) is 1.00. The van der Waals surface area contributed by atoms with E-state index in [-0.39, 0.29) is 5.91 Å². The first kappa shape index (κ1) is 8.89. The zero-order valence-corrected chi connectivity index (χ0v) is 8.12. The van der Waals surface area contributed by atoms with Crippen LogP contribution in [0.2, 0.25) is 0 Å². The Morgan fingerprint density at radius 3 is 3.36 bits per heavy atom. The van der Waals surface area contributed by atoms with Crippen LogP contribution in [-0.4, -0.2) is 27.0 Å². The number of aromatic nitrogens is 3. The predicted octanol–water partition coefficient (Wildman–Crippen LogP) is 0.707. The molecule has 0 unspecified atom stereocenters. The third kappa shape index (κ3) is 1.51. The molecule has 0 aromatic carbocycles. The Bertz CT molecular complexity index is 444. The molecule has 2 rings (SSSR count). The minimum atomic E-state index is -0.206. The Kier molecular flexibility index (Phi) is 2.28. The highest BCUT2D eigenvalue weighted by atomic mass is 32.1. The highest BCUT2D eigenvalue weighted by Gasteiger charge is 2.10. The lowest BCUT2D eigenvalue weighted by Gasteiger charge is -1.96. The van der Waals surface area contributed by atoms with Crippen molar-refractivity contribution in [2.75, 3.05) is 6.54 Å². The number of carbonyl (C=O) groups is 1. The number of carbonyl (C=O) groups excluding carboxylic acids is 1.